The molecule has 4 rings (SSSR count). The van der Waals surface area contributed by atoms with E-state index >= 15 is 0 Å². The average Bonchev–Trinajstić information content (AvgIpc) is 3.36. The second kappa shape index (κ2) is 7.87. The molecule has 0 radical (unpaired) electrons. The summed E-state index contributed by atoms with van der Waals surface area (Å²) in [7, 11) is 1.95. The van der Waals surface area contributed by atoms with Crippen molar-refractivity contribution in [1.29, 1.82) is 0 Å². The second-order valence-corrected chi connectivity index (χ2v) is 7.47. The van der Waals surface area contributed by atoms with Gasteiger partial charge in [-0.15, -0.1) is 0 Å². The van der Waals surface area contributed by atoms with Crippen LogP contribution in [0.2, 0.25) is 0 Å². The standard InChI is InChI=1S/C25H23N3O2/c1-16-18(14-19(29)7-6-17-11-13-28(2)15-17)4-3-5-20(16)21-8-9-23(25(26)30)24-22(21)10-12-27-24/h3-13,15,27H,14H2,1-2H3,(H2,26,30)/b7-6+. The van der Waals surface area contributed by atoms with Crippen LogP contribution in [0.25, 0.3) is 28.1 Å². The van der Waals surface area contributed by atoms with Gasteiger partial charge in [-0.3, -0.25) is 9.59 Å². The van der Waals surface area contributed by atoms with Crippen LogP contribution in [0.5, 0.6) is 0 Å². The van der Waals surface area contributed by atoms with E-state index in [1.807, 2.05) is 73.4 Å². The van der Waals surface area contributed by atoms with Crippen LogP contribution in [0.3, 0.4) is 0 Å². The molecule has 0 saturated carbocycles. The predicted molar refractivity (Wildman–Crippen MR) is 120 cm³/mol. The molecule has 0 aliphatic rings. The molecule has 0 aliphatic heterocycles. The molecule has 4 aromatic rings. The summed E-state index contributed by atoms with van der Waals surface area (Å²) in [5.74, 6) is -0.412. The molecule has 3 N–H and O–H groups in total. The Balaban J connectivity index is 1.65. The number of primary amides is 1. The fourth-order valence-corrected chi connectivity index (χ4v) is 3.82. The first-order chi connectivity index (χ1) is 14.4. The molecule has 0 unspecified atom stereocenters. The van der Waals surface area contributed by atoms with Gasteiger partial charge in [-0.05, 0) is 65.1 Å². The molecule has 30 heavy (non-hydrogen) atoms. The molecule has 2 aromatic heterocycles. The number of aryl methyl sites for hydroxylation is 1. The summed E-state index contributed by atoms with van der Waals surface area (Å²) < 4.78 is 1.95. The number of nitrogens with one attached hydrogen (secondary N) is 1. The Morgan fingerprint density at radius 1 is 1.10 bits per heavy atom. The van der Waals surface area contributed by atoms with Crippen molar-refractivity contribution in [3.8, 4) is 11.1 Å². The van der Waals surface area contributed by atoms with E-state index < -0.39 is 5.91 Å². The fraction of sp³-hybridized carbons (Fsp3) is 0.120. The Hall–Kier alpha value is -3.86. The summed E-state index contributed by atoms with van der Waals surface area (Å²) in [5, 5.41) is 0.932. The van der Waals surface area contributed by atoms with Gasteiger partial charge in [0, 0.05) is 37.4 Å². The molecule has 5 nitrogen and oxygen atoms in total. The van der Waals surface area contributed by atoms with E-state index in [0.717, 1.165) is 38.7 Å². The van der Waals surface area contributed by atoms with Crippen molar-refractivity contribution in [3.63, 3.8) is 0 Å². The first-order valence-corrected chi connectivity index (χ1v) is 9.75. The summed E-state index contributed by atoms with van der Waals surface area (Å²) in [6, 6.07) is 13.6. The third-order valence-electron chi connectivity index (χ3n) is 5.41. The highest BCUT2D eigenvalue weighted by atomic mass is 16.1. The molecule has 0 aliphatic carbocycles. The van der Waals surface area contributed by atoms with Gasteiger partial charge in [0.1, 0.15) is 0 Å². The molecule has 2 aromatic carbocycles. The quantitative estimate of drug-likeness (QED) is 0.473. The number of nitrogens with two attached hydrogens (primary N) is 1. The van der Waals surface area contributed by atoms with Crippen LogP contribution in [0.1, 0.15) is 27.0 Å². The van der Waals surface area contributed by atoms with Crippen molar-refractivity contribution in [2.75, 3.05) is 0 Å². The minimum atomic E-state index is -0.463. The smallest absolute Gasteiger partial charge is 0.250 e. The molecule has 0 bridgehead atoms. The normalized spacial score (nSPS) is 11.4. The minimum absolute atomic E-state index is 0.0509. The maximum Gasteiger partial charge on any atom is 0.250 e. The van der Waals surface area contributed by atoms with Crippen molar-refractivity contribution in [2.45, 2.75) is 13.3 Å². The third kappa shape index (κ3) is 3.70. The maximum atomic E-state index is 12.5. The number of aromatic amines is 1. The first kappa shape index (κ1) is 19.5. The van der Waals surface area contributed by atoms with E-state index in [4.69, 9.17) is 5.73 Å². The number of amides is 1. The number of H-pyrrole nitrogens is 1. The minimum Gasteiger partial charge on any atom is -0.366 e. The van der Waals surface area contributed by atoms with E-state index in [-0.39, 0.29) is 5.78 Å². The van der Waals surface area contributed by atoms with Crippen molar-refractivity contribution in [2.24, 2.45) is 12.8 Å². The molecule has 5 heteroatoms. The van der Waals surface area contributed by atoms with Gasteiger partial charge >= 0.3 is 0 Å². The van der Waals surface area contributed by atoms with Crippen LogP contribution < -0.4 is 5.73 Å². The lowest BCUT2D eigenvalue weighted by atomic mass is 9.91. The zero-order valence-electron chi connectivity index (χ0n) is 17.0. The van der Waals surface area contributed by atoms with Crippen molar-refractivity contribution in [1.82, 2.24) is 9.55 Å². The van der Waals surface area contributed by atoms with Crippen LogP contribution in [0, 0.1) is 6.92 Å². The summed E-state index contributed by atoms with van der Waals surface area (Å²) in [6.45, 7) is 2.03. The summed E-state index contributed by atoms with van der Waals surface area (Å²) >= 11 is 0. The first-order valence-electron chi connectivity index (χ1n) is 9.75. The van der Waals surface area contributed by atoms with E-state index in [1.54, 1.807) is 18.3 Å². The zero-order chi connectivity index (χ0) is 21.3. The molecule has 1 amide bonds. The largest absolute Gasteiger partial charge is 0.366 e. The lowest BCUT2D eigenvalue weighted by molar-refractivity contribution is -0.113. The lowest BCUT2D eigenvalue weighted by Gasteiger charge is -2.13. The Morgan fingerprint density at radius 3 is 2.67 bits per heavy atom. The number of carbonyl (C=O) groups is 2. The molecule has 0 spiro atoms. The average molecular weight is 397 g/mol. The summed E-state index contributed by atoms with van der Waals surface area (Å²) in [4.78, 5) is 27.4. The molecular formula is C25H23N3O2. The Labute approximate surface area is 174 Å². The van der Waals surface area contributed by atoms with Gasteiger partial charge in [-0.1, -0.05) is 24.3 Å². The van der Waals surface area contributed by atoms with E-state index in [1.165, 1.54) is 0 Å². The topological polar surface area (TPSA) is 80.9 Å². The van der Waals surface area contributed by atoms with E-state index in [2.05, 4.69) is 4.98 Å². The van der Waals surface area contributed by atoms with Gasteiger partial charge in [0.2, 0.25) is 0 Å². The predicted octanol–water partition coefficient (Wildman–Crippen LogP) is 4.41. The van der Waals surface area contributed by atoms with Gasteiger partial charge in [-0.2, -0.15) is 0 Å². The van der Waals surface area contributed by atoms with Gasteiger partial charge < -0.3 is 15.3 Å². The molecule has 0 saturated heterocycles. The highest BCUT2D eigenvalue weighted by molar-refractivity contribution is 6.09. The van der Waals surface area contributed by atoms with Gasteiger partial charge in [0.05, 0.1) is 11.1 Å². The SMILES string of the molecule is Cc1c(CC(=O)/C=C/c2ccn(C)c2)cccc1-c1ccc(C(N)=O)c2[nH]ccc12. The number of ketones is 1. The Kier molecular flexibility index (Phi) is 5.11. The van der Waals surface area contributed by atoms with Crippen molar-refractivity contribution in [3.05, 3.63) is 89.4 Å². The lowest BCUT2D eigenvalue weighted by Crippen LogP contribution is -2.11. The van der Waals surface area contributed by atoms with E-state index in [0.29, 0.717) is 12.0 Å². The maximum absolute atomic E-state index is 12.5. The highest BCUT2D eigenvalue weighted by Crippen LogP contribution is 2.33. The van der Waals surface area contributed by atoms with Crippen LogP contribution in [0.4, 0.5) is 0 Å². The highest BCUT2D eigenvalue weighted by Gasteiger charge is 2.15. The number of fused-ring (bicyclic) bond motifs is 1. The summed E-state index contributed by atoms with van der Waals surface area (Å²) in [5.41, 5.74) is 11.8. The number of rotatable bonds is 6. The second-order valence-electron chi connectivity index (χ2n) is 7.47. The third-order valence-corrected chi connectivity index (χ3v) is 5.41. The van der Waals surface area contributed by atoms with E-state index in [9.17, 15) is 9.59 Å². The molecule has 0 atom stereocenters. The van der Waals surface area contributed by atoms with Crippen LogP contribution in [0.15, 0.2) is 67.1 Å². The van der Waals surface area contributed by atoms with Gasteiger partial charge in [-0.25, -0.2) is 0 Å². The van der Waals surface area contributed by atoms with Gasteiger partial charge in [0.25, 0.3) is 5.91 Å². The van der Waals surface area contributed by atoms with Crippen LogP contribution in [-0.4, -0.2) is 21.2 Å². The fourth-order valence-electron chi connectivity index (χ4n) is 3.82. The number of hydrogen-bond acceptors (Lipinski definition) is 2. The van der Waals surface area contributed by atoms with Crippen molar-refractivity contribution >= 4 is 28.7 Å². The number of aromatic nitrogens is 2. The molecular weight excluding hydrogens is 374 g/mol. The zero-order valence-corrected chi connectivity index (χ0v) is 17.0. The molecule has 2 heterocycles. The number of allylic oxidation sites excluding steroid dienone is 1. The van der Waals surface area contributed by atoms with Crippen LogP contribution in [-0.2, 0) is 18.3 Å². The summed E-state index contributed by atoms with van der Waals surface area (Å²) in [6.07, 6.45) is 9.52. The molecule has 150 valence electrons. The van der Waals surface area contributed by atoms with Crippen LogP contribution >= 0.6 is 0 Å². The van der Waals surface area contributed by atoms with Gasteiger partial charge in [0.15, 0.2) is 5.78 Å². The Bertz CT molecular complexity index is 1290. The number of nitrogens with zero attached hydrogens (tertiary/aromatic N) is 1. The number of carbonyl (C=O) groups excluding carboxylic acids is 2. The molecule has 0 fully saturated rings. The monoisotopic (exact) mass is 397 g/mol. The number of benzene rings is 2. The van der Waals surface area contributed by atoms with Crippen molar-refractivity contribution < 1.29 is 9.59 Å². The number of hydrogen-bond donors (Lipinski definition) is 2. The Morgan fingerprint density at radius 2 is 1.93 bits per heavy atom.